The third-order valence-corrected chi connectivity index (χ3v) is 7.47. The molecule has 134 valence electrons. The summed E-state index contributed by atoms with van der Waals surface area (Å²) in [7, 11) is -3.61. The van der Waals surface area contributed by atoms with E-state index in [4.69, 9.17) is 27.9 Å². The van der Waals surface area contributed by atoms with E-state index in [2.05, 4.69) is 4.90 Å². The SMILES string of the molecule is O=S(=O)(c1cccc(Cl)c1Cl)N1CCN(C[C@H]2CCCCO2)CC1. The van der Waals surface area contributed by atoms with Crippen molar-refractivity contribution in [3.63, 3.8) is 0 Å². The van der Waals surface area contributed by atoms with Crippen LogP contribution >= 0.6 is 23.2 Å². The number of halogens is 2. The molecular formula is C16H22Cl2N2O3S. The van der Waals surface area contributed by atoms with Crippen molar-refractivity contribution in [1.29, 1.82) is 0 Å². The van der Waals surface area contributed by atoms with E-state index in [0.29, 0.717) is 26.2 Å². The largest absolute Gasteiger partial charge is 0.377 e. The number of hydrogen-bond donors (Lipinski definition) is 0. The molecule has 0 spiro atoms. The molecule has 0 unspecified atom stereocenters. The van der Waals surface area contributed by atoms with Crippen LogP contribution < -0.4 is 0 Å². The molecule has 5 nitrogen and oxygen atoms in total. The minimum absolute atomic E-state index is 0.0840. The van der Waals surface area contributed by atoms with E-state index in [9.17, 15) is 8.42 Å². The molecule has 0 aromatic heterocycles. The summed E-state index contributed by atoms with van der Waals surface area (Å²) >= 11 is 12.0. The summed E-state index contributed by atoms with van der Waals surface area (Å²) in [4.78, 5) is 2.36. The first-order chi connectivity index (χ1) is 11.5. The third kappa shape index (κ3) is 4.06. The highest BCUT2D eigenvalue weighted by Crippen LogP contribution is 2.31. The molecule has 0 bridgehead atoms. The molecule has 0 radical (unpaired) electrons. The number of benzene rings is 1. The van der Waals surface area contributed by atoms with Crippen LogP contribution in [0.5, 0.6) is 0 Å². The van der Waals surface area contributed by atoms with E-state index in [1.165, 1.54) is 16.8 Å². The van der Waals surface area contributed by atoms with E-state index in [1.807, 2.05) is 0 Å². The summed E-state index contributed by atoms with van der Waals surface area (Å²) in [6.07, 6.45) is 3.73. The number of ether oxygens (including phenoxy) is 1. The van der Waals surface area contributed by atoms with Crippen LogP contribution in [0.1, 0.15) is 19.3 Å². The first-order valence-electron chi connectivity index (χ1n) is 8.26. The van der Waals surface area contributed by atoms with Gasteiger partial charge in [-0.25, -0.2) is 8.42 Å². The van der Waals surface area contributed by atoms with Gasteiger partial charge < -0.3 is 4.74 Å². The second-order valence-electron chi connectivity index (χ2n) is 6.25. The van der Waals surface area contributed by atoms with Gasteiger partial charge in [-0.2, -0.15) is 4.31 Å². The van der Waals surface area contributed by atoms with Crippen molar-refractivity contribution in [3.8, 4) is 0 Å². The minimum Gasteiger partial charge on any atom is -0.377 e. The minimum atomic E-state index is -3.61. The standard InChI is InChI=1S/C16H22Cl2N2O3S/c17-14-5-3-6-15(16(14)18)24(21,22)20-9-7-19(8-10-20)12-13-4-1-2-11-23-13/h3,5-6,13H,1-2,4,7-12H2/t13-/m1/s1. The highest BCUT2D eigenvalue weighted by Gasteiger charge is 2.31. The molecule has 1 atom stereocenters. The second kappa shape index (κ2) is 7.89. The maximum absolute atomic E-state index is 12.8. The predicted octanol–water partition coefficient (Wildman–Crippen LogP) is 2.87. The number of hydrogen-bond acceptors (Lipinski definition) is 4. The lowest BCUT2D eigenvalue weighted by Gasteiger charge is -2.36. The monoisotopic (exact) mass is 392 g/mol. The van der Waals surface area contributed by atoms with Crippen LogP contribution in [0.4, 0.5) is 0 Å². The fourth-order valence-electron chi connectivity index (χ4n) is 3.21. The molecule has 1 aromatic carbocycles. The van der Waals surface area contributed by atoms with Crippen LogP contribution in [0.25, 0.3) is 0 Å². The van der Waals surface area contributed by atoms with Crippen LogP contribution in [-0.2, 0) is 14.8 Å². The summed E-state index contributed by atoms with van der Waals surface area (Å²) in [6, 6.07) is 4.70. The van der Waals surface area contributed by atoms with E-state index in [0.717, 1.165) is 26.0 Å². The third-order valence-electron chi connectivity index (χ3n) is 4.60. The van der Waals surface area contributed by atoms with E-state index < -0.39 is 10.0 Å². The first-order valence-corrected chi connectivity index (χ1v) is 10.5. The smallest absolute Gasteiger partial charge is 0.244 e. The summed E-state index contributed by atoms with van der Waals surface area (Å²) in [5, 5.41) is 0.350. The fourth-order valence-corrected chi connectivity index (χ4v) is 5.37. The van der Waals surface area contributed by atoms with Gasteiger partial charge in [0, 0.05) is 39.3 Å². The zero-order valence-electron chi connectivity index (χ0n) is 13.5. The molecule has 2 aliphatic rings. The van der Waals surface area contributed by atoms with Crippen molar-refractivity contribution in [2.24, 2.45) is 0 Å². The van der Waals surface area contributed by atoms with E-state index >= 15 is 0 Å². The van der Waals surface area contributed by atoms with Crippen LogP contribution in [0.2, 0.25) is 10.0 Å². The van der Waals surface area contributed by atoms with Crippen molar-refractivity contribution in [3.05, 3.63) is 28.2 Å². The molecule has 1 aromatic rings. The topological polar surface area (TPSA) is 49.9 Å². The van der Waals surface area contributed by atoms with Crippen molar-refractivity contribution >= 4 is 33.2 Å². The number of rotatable bonds is 4. The van der Waals surface area contributed by atoms with Crippen LogP contribution in [0, 0.1) is 0 Å². The van der Waals surface area contributed by atoms with Crippen molar-refractivity contribution in [2.45, 2.75) is 30.3 Å². The normalized spacial score (nSPS) is 24.2. The van der Waals surface area contributed by atoms with Gasteiger partial charge in [0.15, 0.2) is 0 Å². The van der Waals surface area contributed by atoms with Gasteiger partial charge in [-0.3, -0.25) is 4.90 Å². The summed E-state index contributed by atoms with van der Waals surface area (Å²) in [6.45, 7) is 4.04. The van der Waals surface area contributed by atoms with Gasteiger partial charge in [0.25, 0.3) is 0 Å². The van der Waals surface area contributed by atoms with Gasteiger partial charge in [0.05, 0.1) is 16.1 Å². The highest BCUT2D eigenvalue weighted by atomic mass is 35.5. The number of nitrogens with zero attached hydrogens (tertiary/aromatic N) is 2. The molecule has 0 amide bonds. The van der Waals surface area contributed by atoms with Crippen molar-refractivity contribution in [2.75, 3.05) is 39.3 Å². The average Bonchev–Trinajstić information content (AvgIpc) is 2.58. The quantitative estimate of drug-likeness (QED) is 0.790. The lowest BCUT2D eigenvalue weighted by Crippen LogP contribution is -2.50. The van der Waals surface area contributed by atoms with Gasteiger partial charge >= 0.3 is 0 Å². The van der Waals surface area contributed by atoms with Gasteiger partial charge in [-0.05, 0) is 31.4 Å². The molecule has 24 heavy (non-hydrogen) atoms. The Morgan fingerprint density at radius 3 is 2.54 bits per heavy atom. The van der Waals surface area contributed by atoms with Gasteiger partial charge in [0.1, 0.15) is 4.90 Å². The Morgan fingerprint density at radius 1 is 1.12 bits per heavy atom. The summed E-state index contributed by atoms with van der Waals surface area (Å²) in [5.41, 5.74) is 0. The maximum atomic E-state index is 12.8. The van der Waals surface area contributed by atoms with E-state index in [-0.39, 0.29) is 21.0 Å². The Labute approximate surface area is 153 Å². The first kappa shape index (κ1) is 18.4. The van der Waals surface area contributed by atoms with Crippen LogP contribution in [-0.4, -0.2) is 63.1 Å². The predicted molar refractivity (Wildman–Crippen MR) is 95.3 cm³/mol. The van der Waals surface area contributed by atoms with Crippen LogP contribution in [0.15, 0.2) is 23.1 Å². The molecule has 0 aliphatic carbocycles. The Hall–Kier alpha value is -0.370. The molecule has 2 fully saturated rings. The Morgan fingerprint density at radius 2 is 1.88 bits per heavy atom. The number of sulfonamides is 1. The van der Waals surface area contributed by atoms with Gasteiger partial charge in [0.2, 0.25) is 10.0 Å². The molecule has 0 N–H and O–H groups in total. The highest BCUT2D eigenvalue weighted by molar-refractivity contribution is 7.89. The Balaban J connectivity index is 1.62. The lowest BCUT2D eigenvalue weighted by molar-refractivity contribution is -0.0103. The van der Waals surface area contributed by atoms with Gasteiger partial charge in [-0.1, -0.05) is 29.3 Å². The van der Waals surface area contributed by atoms with Crippen LogP contribution in [0.3, 0.4) is 0 Å². The Kier molecular flexibility index (Phi) is 6.06. The zero-order chi connectivity index (χ0) is 17.2. The van der Waals surface area contributed by atoms with E-state index in [1.54, 1.807) is 12.1 Å². The fraction of sp³-hybridized carbons (Fsp3) is 0.625. The summed E-state index contributed by atoms with van der Waals surface area (Å²) in [5.74, 6) is 0. The molecule has 0 saturated carbocycles. The van der Waals surface area contributed by atoms with Gasteiger partial charge in [-0.15, -0.1) is 0 Å². The summed E-state index contributed by atoms with van der Waals surface area (Å²) < 4.78 is 32.8. The maximum Gasteiger partial charge on any atom is 0.244 e. The van der Waals surface area contributed by atoms with Crippen molar-refractivity contribution in [1.82, 2.24) is 9.21 Å². The molecule has 2 heterocycles. The zero-order valence-corrected chi connectivity index (χ0v) is 15.8. The molecular weight excluding hydrogens is 371 g/mol. The Bertz CT molecular complexity index is 670. The number of piperazine rings is 1. The second-order valence-corrected chi connectivity index (χ2v) is 8.94. The average molecular weight is 393 g/mol. The molecule has 2 saturated heterocycles. The molecule has 8 heteroatoms. The lowest BCUT2D eigenvalue weighted by atomic mass is 10.1. The van der Waals surface area contributed by atoms with Crippen molar-refractivity contribution < 1.29 is 13.2 Å². The molecule has 2 aliphatic heterocycles. The molecule has 3 rings (SSSR count).